The normalized spacial score (nSPS) is 11.4. The van der Waals surface area contributed by atoms with E-state index in [9.17, 15) is 18.0 Å². The third kappa shape index (κ3) is 5.22. The van der Waals surface area contributed by atoms with E-state index >= 15 is 0 Å². The van der Waals surface area contributed by atoms with E-state index in [1.807, 2.05) is 36.4 Å². The summed E-state index contributed by atoms with van der Waals surface area (Å²) < 4.78 is 27.9. The van der Waals surface area contributed by atoms with Crippen molar-refractivity contribution in [2.45, 2.75) is 11.8 Å². The topological polar surface area (TPSA) is 92.3 Å². The molecule has 0 saturated heterocycles. The molecule has 0 spiro atoms. The molecule has 0 aliphatic rings. The van der Waals surface area contributed by atoms with Crippen LogP contribution >= 0.6 is 0 Å². The van der Waals surface area contributed by atoms with Gasteiger partial charge in [-0.3, -0.25) is 14.3 Å². The van der Waals surface area contributed by atoms with E-state index in [4.69, 9.17) is 0 Å². The summed E-state index contributed by atoms with van der Waals surface area (Å²) >= 11 is 0. The molecule has 6 nitrogen and oxygen atoms in total. The molecule has 4 rings (SSSR count). The van der Waals surface area contributed by atoms with Crippen molar-refractivity contribution in [3.8, 4) is 0 Å². The average Bonchev–Trinajstić information content (AvgIpc) is 2.84. The Hall–Kier alpha value is -4.23. The van der Waals surface area contributed by atoms with Crippen molar-refractivity contribution in [1.82, 2.24) is 0 Å². The van der Waals surface area contributed by atoms with Gasteiger partial charge in [0, 0.05) is 34.8 Å². The first kappa shape index (κ1) is 22.9. The van der Waals surface area contributed by atoms with Crippen LogP contribution in [0.5, 0.6) is 0 Å². The van der Waals surface area contributed by atoms with Gasteiger partial charge in [-0.25, -0.2) is 8.42 Å². The average molecular weight is 471 g/mol. The van der Waals surface area contributed by atoms with E-state index in [0.29, 0.717) is 22.5 Å². The summed E-state index contributed by atoms with van der Waals surface area (Å²) in [6.45, 7) is 1.42. The number of anilines is 2. The van der Waals surface area contributed by atoms with Crippen LogP contribution in [0.3, 0.4) is 0 Å². The first-order valence-electron chi connectivity index (χ1n) is 10.5. The van der Waals surface area contributed by atoms with Crippen molar-refractivity contribution in [2.75, 3.05) is 10.0 Å². The largest absolute Gasteiger partial charge is 0.362 e. The molecule has 0 bridgehead atoms. The molecule has 4 aromatic rings. The number of nitrogens with one attached hydrogen (secondary N) is 2. The highest BCUT2D eigenvalue weighted by Gasteiger charge is 2.14. The lowest BCUT2D eigenvalue weighted by Crippen LogP contribution is -2.13. The van der Waals surface area contributed by atoms with Crippen LogP contribution in [0.1, 0.15) is 27.6 Å². The van der Waals surface area contributed by atoms with Gasteiger partial charge >= 0.3 is 0 Å². The number of hydrogen-bond donors (Lipinski definition) is 2. The Morgan fingerprint density at radius 1 is 0.794 bits per heavy atom. The molecule has 170 valence electrons. The predicted octanol–water partition coefficient (Wildman–Crippen LogP) is 5.65. The molecule has 0 heterocycles. The van der Waals surface area contributed by atoms with Crippen LogP contribution in [0.15, 0.2) is 108 Å². The van der Waals surface area contributed by atoms with Crippen molar-refractivity contribution in [1.29, 1.82) is 0 Å². The van der Waals surface area contributed by atoms with Gasteiger partial charge in [0.2, 0.25) is 0 Å². The van der Waals surface area contributed by atoms with Crippen LogP contribution in [-0.4, -0.2) is 20.0 Å². The number of fused-ring (bicyclic) bond motifs is 1. The van der Waals surface area contributed by atoms with E-state index in [1.165, 1.54) is 37.4 Å². The van der Waals surface area contributed by atoms with Crippen molar-refractivity contribution >= 4 is 43.7 Å². The Labute approximate surface area is 198 Å². The lowest BCUT2D eigenvalue weighted by atomic mass is 10.0. The zero-order chi connectivity index (χ0) is 24.1. The molecule has 7 heteroatoms. The summed E-state index contributed by atoms with van der Waals surface area (Å²) in [7, 11) is -3.82. The van der Waals surface area contributed by atoms with Gasteiger partial charge in [-0.05, 0) is 54.1 Å². The van der Waals surface area contributed by atoms with Crippen LogP contribution in [0.4, 0.5) is 11.4 Å². The summed E-state index contributed by atoms with van der Waals surface area (Å²) in [5.74, 6) is -0.288. The minimum absolute atomic E-state index is 0.0714. The number of carbonyl (C=O) groups is 2. The molecule has 34 heavy (non-hydrogen) atoms. The fourth-order valence-corrected chi connectivity index (χ4v) is 4.54. The maximum absolute atomic E-state index is 12.7. The minimum Gasteiger partial charge on any atom is -0.362 e. The zero-order valence-electron chi connectivity index (χ0n) is 18.4. The van der Waals surface area contributed by atoms with Crippen molar-refractivity contribution in [2.24, 2.45) is 0 Å². The number of Topliss-reactive ketones (excluding diaryl/α,β-unsaturated/α-hetero) is 1. The molecular formula is C27H22N2O4S. The molecule has 0 unspecified atom stereocenters. The summed E-state index contributed by atoms with van der Waals surface area (Å²) in [4.78, 5) is 24.2. The number of hydrogen-bond acceptors (Lipinski definition) is 5. The lowest BCUT2D eigenvalue weighted by molar-refractivity contribution is 0.101. The number of ketones is 2. The molecule has 0 saturated carbocycles. The molecule has 0 aliphatic carbocycles. The SMILES string of the molecule is CC(=O)c1cccc(NS(=O)(=O)c2ccc(NC=CC(=O)c3cccc4ccccc34)cc2)c1. The van der Waals surface area contributed by atoms with Gasteiger partial charge in [0.25, 0.3) is 10.0 Å². The number of benzene rings is 4. The number of sulfonamides is 1. The highest BCUT2D eigenvalue weighted by Crippen LogP contribution is 2.21. The third-order valence-electron chi connectivity index (χ3n) is 5.23. The molecule has 2 N–H and O–H groups in total. The summed E-state index contributed by atoms with van der Waals surface area (Å²) in [6.07, 6.45) is 2.97. The minimum atomic E-state index is -3.82. The molecule has 0 atom stereocenters. The molecule has 0 radical (unpaired) electrons. The smallest absolute Gasteiger partial charge is 0.261 e. The Balaban J connectivity index is 1.43. The van der Waals surface area contributed by atoms with Gasteiger partial charge in [-0.2, -0.15) is 0 Å². The van der Waals surface area contributed by atoms with Crippen molar-refractivity contribution in [3.63, 3.8) is 0 Å². The first-order chi connectivity index (χ1) is 16.3. The predicted molar refractivity (Wildman–Crippen MR) is 135 cm³/mol. The Bertz CT molecular complexity index is 1500. The molecule has 0 fully saturated rings. The Morgan fingerprint density at radius 3 is 2.26 bits per heavy atom. The number of allylic oxidation sites excluding steroid dienone is 1. The molecule has 0 amide bonds. The first-order valence-corrected chi connectivity index (χ1v) is 12.0. The van der Waals surface area contributed by atoms with Crippen LogP contribution in [0, 0.1) is 0 Å². The molecule has 4 aromatic carbocycles. The fourth-order valence-electron chi connectivity index (χ4n) is 3.49. The Morgan fingerprint density at radius 2 is 1.50 bits per heavy atom. The number of rotatable bonds is 8. The van der Waals surface area contributed by atoms with Crippen LogP contribution in [-0.2, 0) is 10.0 Å². The van der Waals surface area contributed by atoms with Gasteiger partial charge in [0.15, 0.2) is 11.6 Å². The molecule has 0 aromatic heterocycles. The van der Waals surface area contributed by atoms with E-state index in [0.717, 1.165) is 10.8 Å². The summed E-state index contributed by atoms with van der Waals surface area (Å²) in [5, 5.41) is 4.87. The second-order valence-corrected chi connectivity index (χ2v) is 9.32. The van der Waals surface area contributed by atoms with E-state index < -0.39 is 10.0 Å². The van der Waals surface area contributed by atoms with Gasteiger partial charge in [-0.1, -0.05) is 54.6 Å². The maximum atomic E-state index is 12.7. The van der Waals surface area contributed by atoms with E-state index in [-0.39, 0.29) is 16.5 Å². The third-order valence-corrected chi connectivity index (χ3v) is 6.62. The summed E-state index contributed by atoms with van der Waals surface area (Å²) in [6, 6.07) is 25.7. The molecule has 0 aliphatic heterocycles. The van der Waals surface area contributed by atoms with Gasteiger partial charge in [0.1, 0.15) is 0 Å². The highest BCUT2D eigenvalue weighted by molar-refractivity contribution is 7.92. The Kier molecular flexibility index (Phi) is 6.56. The van der Waals surface area contributed by atoms with E-state index in [1.54, 1.807) is 36.4 Å². The van der Waals surface area contributed by atoms with E-state index in [2.05, 4.69) is 10.0 Å². The van der Waals surface area contributed by atoms with Crippen molar-refractivity contribution < 1.29 is 18.0 Å². The fraction of sp³-hybridized carbons (Fsp3) is 0.0370. The van der Waals surface area contributed by atoms with Gasteiger partial charge < -0.3 is 5.32 Å². The zero-order valence-corrected chi connectivity index (χ0v) is 19.2. The van der Waals surface area contributed by atoms with Crippen molar-refractivity contribution in [3.05, 3.63) is 114 Å². The second kappa shape index (κ2) is 9.72. The van der Waals surface area contributed by atoms with Crippen LogP contribution < -0.4 is 10.0 Å². The number of carbonyl (C=O) groups excluding carboxylic acids is 2. The van der Waals surface area contributed by atoms with Crippen LogP contribution in [0.25, 0.3) is 10.8 Å². The van der Waals surface area contributed by atoms with Gasteiger partial charge in [-0.15, -0.1) is 0 Å². The molecular weight excluding hydrogens is 448 g/mol. The summed E-state index contributed by atoms with van der Waals surface area (Å²) in [5.41, 5.74) is 1.96. The lowest BCUT2D eigenvalue weighted by Gasteiger charge is -2.10. The van der Waals surface area contributed by atoms with Gasteiger partial charge in [0.05, 0.1) is 4.90 Å². The van der Waals surface area contributed by atoms with Crippen LogP contribution in [0.2, 0.25) is 0 Å². The quantitative estimate of drug-likeness (QED) is 0.256. The highest BCUT2D eigenvalue weighted by atomic mass is 32.2. The monoisotopic (exact) mass is 470 g/mol. The second-order valence-electron chi connectivity index (χ2n) is 7.64. The standard InChI is InChI=1S/C27H22N2O4S/c1-19(30)21-8-4-9-23(18-21)29-34(32,33)24-14-12-22(13-15-24)28-17-16-27(31)26-11-5-7-20-6-2-3-10-25(20)26/h2-18,28-29H,1H3. The maximum Gasteiger partial charge on any atom is 0.261 e.